The number of carbonyl (C=O) groups is 1. The van der Waals surface area contributed by atoms with Crippen LogP contribution in [0.1, 0.15) is 42.5 Å². The predicted molar refractivity (Wildman–Crippen MR) is 78.6 cm³/mol. The van der Waals surface area contributed by atoms with Crippen molar-refractivity contribution in [3.63, 3.8) is 0 Å². The smallest absolute Gasteiger partial charge is 0.265 e. The maximum atomic E-state index is 11.2. The molecule has 0 aliphatic rings. The molecule has 1 aromatic carbocycles. The third kappa shape index (κ3) is 6.54. The Hall–Kier alpha value is -1.59. The summed E-state index contributed by atoms with van der Waals surface area (Å²) in [6.45, 7) is 1.55. The summed E-state index contributed by atoms with van der Waals surface area (Å²) in [6.07, 6.45) is 5.75. The molecular weight excluding hydrogens is 256 g/mol. The van der Waals surface area contributed by atoms with Crippen molar-refractivity contribution in [3.05, 3.63) is 29.8 Å². The lowest BCUT2D eigenvalue weighted by atomic mass is 10.1. The highest BCUT2D eigenvalue weighted by Crippen LogP contribution is 2.13. The molecule has 0 saturated heterocycles. The van der Waals surface area contributed by atoms with Gasteiger partial charge in [-0.2, -0.15) is 0 Å². The van der Waals surface area contributed by atoms with Gasteiger partial charge in [-0.1, -0.05) is 19.3 Å². The van der Waals surface area contributed by atoms with E-state index < -0.39 is 0 Å². The molecule has 0 heterocycles. The zero-order valence-corrected chi connectivity index (χ0v) is 12.1. The second-order valence-corrected chi connectivity index (χ2v) is 4.61. The third-order valence-electron chi connectivity index (χ3n) is 3.01. The van der Waals surface area contributed by atoms with Gasteiger partial charge in [-0.05, 0) is 37.1 Å². The molecule has 1 amide bonds. The molecule has 0 saturated carbocycles. The number of rotatable bonds is 10. The number of carbonyl (C=O) groups excluding carboxylic acids is 1. The van der Waals surface area contributed by atoms with Gasteiger partial charge in [0.2, 0.25) is 0 Å². The number of nitrogens with one attached hydrogen (secondary N) is 1. The Morgan fingerprint density at radius 3 is 2.25 bits per heavy atom. The molecular formula is C15H24N2O3. The van der Waals surface area contributed by atoms with Crippen molar-refractivity contribution < 1.29 is 14.3 Å². The van der Waals surface area contributed by atoms with E-state index in [1.165, 1.54) is 12.8 Å². The summed E-state index contributed by atoms with van der Waals surface area (Å²) in [5.74, 6) is 5.54. The van der Waals surface area contributed by atoms with E-state index in [0.29, 0.717) is 12.2 Å². The van der Waals surface area contributed by atoms with Crippen LogP contribution in [0.2, 0.25) is 0 Å². The Kier molecular flexibility index (Phi) is 8.42. The van der Waals surface area contributed by atoms with Crippen molar-refractivity contribution in [1.82, 2.24) is 5.43 Å². The van der Waals surface area contributed by atoms with Crippen LogP contribution in [0.5, 0.6) is 5.75 Å². The Morgan fingerprint density at radius 2 is 1.65 bits per heavy atom. The molecule has 0 aliphatic heterocycles. The number of hydrogen-bond donors (Lipinski definition) is 2. The second kappa shape index (κ2) is 10.2. The molecule has 1 rings (SSSR count). The summed E-state index contributed by atoms with van der Waals surface area (Å²) < 4.78 is 10.6. The molecule has 20 heavy (non-hydrogen) atoms. The molecule has 5 heteroatoms. The minimum Gasteiger partial charge on any atom is -0.494 e. The first-order chi connectivity index (χ1) is 9.77. The van der Waals surface area contributed by atoms with Gasteiger partial charge in [0, 0.05) is 19.3 Å². The third-order valence-corrected chi connectivity index (χ3v) is 3.01. The number of hydrazine groups is 1. The number of amides is 1. The summed E-state index contributed by atoms with van der Waals surface area (Å²) in [5, 5.41) is 0. The summed E-state index contributed by atoms with van der Waals surface area (Å²) in [4.78, 5) is 11.2. The minimum absolute atomic E-state index is 0.299. The van der Waals surface area contributed by atoms with E-state index in [2.05, 4.69) is 5.43 Å². The number of nitrogen functional groups attached to an aromatic ring is 1. The lowest BCUT2D eigenvalue weighted by molar-refractivity contribution is 0.0953. The first kappa shape index (κ1) is 16.5. The number of benzene rings is 1. The number of methoxy groups -OCH3 is 1. The summed E-state index contributed by atoms with van der Waals surface area (Å²) in [6, 6.07) is 6.96. The number of nitrogens with two attached hydrogens (primary N) is 1. The lowest BCUT2D eigenvalue weighted by Crippen LogP contribution is -2.29. The molecule has 0 aromatic heterocycles. The van der Waals surface area contributed by atoms with E-state index in [1.807, 2.05) is 0 Å². The largest absolute Gasteiger partial charge is 0.494 e. The van der Waals surface area contributed by atoms with E-state index in [9.17, 15) is 4.79 Å². The highest BCUT2D eigenvalue weighted by Gasteiger charge is 2.02. The summed E-state index contributed by atoms with van der Waals surface area (Å²) in [5.41, 5.74) is 2.62. The average Bonchev–Trinajstić information content (AvgIpc) is 2.50. The van der Waals surface area contributed by atoms with Gasteiger partial charge in [0.25, 0.3) is 5.91 Å². The van der Waals surface area contributed by atoms with Crippen LogP contribution in [0.15, 0.2) is 24.3 Å². The molecule has 5 nitrogen and oxygen atoms in total. The molecule has 3 N–H and O–H groups in total. The van der Waals surface area contributed by atoms with Crippen LogP contribution in [0.25, 0.3) is 0 Å². The number of unbranched alkanes of at least 4 members (excludes halogenated alkanes) is 4. The van der Waals surface area contributed by atoms with Crippen molar-refractivity contribution in [2.24, 2.45) is 5.84 Å². The van der Waals surface area contributed by atoms with E-state index in [1.54, 1.807) is 31.4 Å². The van der Waals surface area contributed by atoms with Crippen molar-refractivity contribution in [2.75, 3.05) is 20.3 Å². The standard InChI is InChI=1S/C15H24N2O3/c1-19-11-5-3-2-4-6-12-20-14-9-7-13(8-10-14)15(18)17-16/h7-10H,2-6,11-12,16H2,1H3,(H,17,18). The van der Waals surface area contributed by atoms with Gasteiger partial charge in [0.05, 0.1) is 6.61 Å². The monoisotopic (exact) mass is 280 g/mol. The van der Waals surface area contributed by atoms with E-state index >= 15 is 0 Å². The highest BCUT2D eigenvalue weighted by atomic mass is 16.5. The van der Waals surface area contributed by atoms with Crippen LogP contribution in [-0.4, -0.2) is 26.2 Å². The fourth-order valence-corrected chi connectivity index (χ4v) is 1.85. The van der Waals surface area contributed by atoms with Gasteiger partial charge < -0.3 is 9.47 Å². The first-order valence-corrected chi connectivity index (χ1v) is 7.00. The molecule has 1 aromatic rings. The zero-order valence-electron chi connectivity index (χ0n) is 12.1. The Bertz CT molecular complexity index is 379. The average molecular weight is 280 g/mol. The van der Waals surface area contributed by atoms with Crippen LogP contribution in [-0.2, 0) is 4.74 Å². The topological polar surface area (TPSA) is 73.6 Å². The van der Waals surface area contributed by atoms with Crippen LogP contribution >= 0.6 is 0 Å². The van der Waals surface area contributed by atoms with Crippen LogP contribution in [0, 0.1) is 0 Å². The van der Waals surface area contributed by atoms with Gasteiger partial charge in [-0.3, -0.25) is 10.2 Å². The van der Waals surface area contributed by atoms with Crippen LogP contribution < -0.4 is 16.0 Å². The van der Waals surface area contributed by atoms with E-state index in [-0.39, 0.29) is 5.91 Å². The molecule has 112 valence electrons. The van der Waals surface area contributed by atoms with Gasteiger partial charge in [0.15, 0.2) is 0 Å². The molecule has 0 atom stereocenters. The quantitative estimate of drug-likeness (QED) is 0.298. The molecule has 0 aliphatic carbocycles. The molecule has 0 fully saturated rings. The molecule has 0 bridgehead atoms. The predicted octanol–water partition coefficient (Wildman–Crippen LogP) is 2.27. The van der Waals surface area contributed by atoms with E-state index in [4.69, 9.17) is 15.3 Å². The SMILES string of the molecule is COCCCCCCCOc1ccc(C(=O)NN)cc1. The van der Waals surface area contributed by atoms with Crippen LogP contribution in [0.3, 0.4) is 0 Å². The van der Waals surface area contributed by atoms with E-state index in [0.717, 1.165) is 31.6 Å². The van der Waals surface area contributed by atoms with Crippen molar-refractivity contribution in [1.29, 1.82) is 0 Å². The zero-order chi connectivity index (χ0) is 14.6. The highest BCUT2D eigenvalue weighted by molar-refractivity contribution is 5.93. The first-order valence-electron chi connectivity index (χ1n) is 7.00. The van der Waals surface area contributed by atoms with Gasteiger partial charge in [-0.15, -0.1) is 0 Å². The summed E-state index contributed by atoms with van der Waals surface area (Å²) in [7, 11) is 1.73. The number of hydrogen-bond acceptors (Lipinski definition) is 4. The van der Waals surface area contributed by atoms with Crippen molar-refractivity contribution in [3.8, 4) is 5.75 Å². The fraction of sp³-hybridized carbons (Fsp3) is 0.533. The van der Waals surface area contributed by atoms with Gasteiger partial charge in [-0.25, -0.2) is 5.84 Å². The molecule has 0 unspecified atom stereocenters. The molecule has 0 spiro atoms. The van der Waals surface area contributed by atoms with Crippen LogP contribution in [0.4, 0.5) is 0 Å². The van der Waals surface area contributed by atoms with Crippen molar-refractivity contribution >= 4 is 5.91 Å². The minimum atomic E-state index is -0.299. The second-order valence-electron chi connectivity index (χ2n) is 4.61. The maximum Gasteiger partial charge on any atom is 0.265 e. The normalized spacial score (nSPS) is 10.3. The Balaban J connectivity index is 2.11. The van der Waals surface area contributed by atoms with Gasteiger partial charge >= 0.3 is 0 Å². The molecule has 0 radical (unpaired) electrons. The lowest BCUT2D eigenvalue weighted by Gasteiger charge is -2.07. The maximum absolute atomic E-state index is 11.2. The van der Waals surface area contributed by atoms with Crippen molar-refractivity contribution in [2.45, 2.75) is 32.1 Å². The summed E-state index contributed by atoms with van der Waals surface area (Å²) >= 11 is 0. The number of ether oxygens (including phenoxy) is 2. The Morgan fingerprint density at radius 1 is 1.05 bits per heavy atom. The fourth-order valence-electron chi connectivity index (χ4n) is 1.85. The van der Waals surface area contributed by atoms with Gasteiger partial charge in [0.1, 0.15) is 5.75 Å². The Labute approximate surface area is 120 Å².